The predicted octanol–water partition coefficient (Wildman–Crippen LogP) is 3.39. The Balaban J connectivity index is 1.73. The van der Waals surface area contributed by atoms with Crippen LogP contribution in [0.3, 0.4) is 0 Å². The van der Waals surface area contributed by atoms with Crippen molar-refractivity contribution in [2.45, 2.75) is 25.3 Å². The fraction of sp³-hybridized carbons (Fsp3) is 0.350. The van der Waals surface area contributed by atoms with E-state index in [2.05, 4.69) is 54.2 Å². The number of aliphatic hydroxyl groups is 1. The van der Waals surface area contributed by atoms with Gasteiger partial charge in [0.25, 0.3) is 0 Å². The summed E-state index contributed by atoms with van der Waals surface area (Å²) >= 11 is 0. The highest BCUT2D eigenvalue weighted by Crippen LogP contribution is 2.22. The van der Waals surface area contributed by atoms with Crippen LogP contribution in [0.2, 0.25) is 0 Å². The van der Waals surface area contributed by atoms with E-state index in [1.807, 2.05) is 24.3 Å². The molecule has 0 bridgehead atoms. The van der Waals surface area contributed by atoms with Crippen molar-refractivity contribution in [1.29, 1.82) is 0 Å². The summed E-state index contributed by atoms with van der Waals surface area (Å²) in [5.74, 6) is 1.33. The molecule has 1 aromatic heterocycles. The monoisotopic (exact) mass is 323 g/mol. The number of benzene rings is 2. The second-order valence-corrected chi connectivity index (χ2v) is 6.27. The quantitative estimate of drug-likeness (QED) is 0.701. The summed E-state index contributed by atoms with van der Waals surface area (Å²) in [4.78, 5) is 4.76. The molecule has 24 heavy (non-hydrogen) atoms. The van der Waals surface area contributed by atoms with Crippen molar-refractivity contribution in [2.24, 2.45) is 7.05 Å². The number of fused-ring (bicyclic) bond motifs is 1. The van der Waals surface area contributed by atoms with Crippen LogP contribution >= 0.6 is 0 Å². The molecule has 3 aromatic rings. The van der Waals surface area contributed by atoms with E-state index in [1.165, 1.54) is 5.56 Å². The Morgan fingerprint density at radius 1 is 1.08 bits per heavy atom. The zero-order valence-corrected chi connectivity index (χ0v) is 14.3. The number of hydrogen-bond donors (Lipinski definition) is 2. The third kappa shape index (κ3) is 3.50. The Labute approximate surface area is 143 Å². The molecular weight excluding hydrogens is 298 g/mol. The summed E-state index contributed by atoms with van der Waals surface area (Å²) in [7, 11) is 2.06. The van der Waals surface area contributed by atoms with Gasteiger partial charge in [-0.1, -0.05) is 42.5 Å². The minimum Gasteiger partial charge on any atom is -0.396 e. The van der Waals surface area contributed by atoms with Crippen LogP contribution in [-0.4, -0.2) is 27.8 Å². The molecule has 126 valence electrons. The molecule has 0 aliphatic heterocycles. The second kappa shape index (κ2) is 7.60. The lowest BCUT2D eigenvalue weighted by Crippen LogP contribution is -2.27. The Morgan fingerprint density at radius 2 is 1.79 bits per heavy atom. The van der Waals surface area contributed by atoms with E-state index in [1.54, 1.807) is 0 Å². The fourth-order valence-corrected chi connectivity index (χ4v) is 3.23. The van der Waals surface area contributed by atoms with E-state index >= 15 is 0 Å². The summed E-state index contributed by atoms with van der Waals surface area (Å²) in [5, 5.41) is 13.0. The lowest BCUT2D eigenvalue weighted by atomic mass is 9.96. The Kier molecular flexibility index (Phi) is 5.28. The van der Waals surface area contributed by atoms with Gasteiger partial charge in [0.15, 0.2) is 0 Å². The zero-order valence-electron chi connectivity index (χ0n) is 14.3. The van der Waals surface area contributed by atoms with E-state index in [9.17, 15) is 5.11 Å². The third-order valence-corrected chi connectivity index (χ3v) is 4.63. The van der Waals surface area contributed by atoms with Crippen LogP contribution in [0.4, 0.5) is 0 Å². The average molecular weight is 323 g/mol. The van der Waals surface area contributed by atoms with Crippen molar-refractivity contribution in [2.75, 3.05) is 13.2 Å². The minimum atomic E-state index is 0.146. The molecule has 3 rings (SSSR count). The molecule has 2 N–H and O–H groups in total. The molecule has 0 spiro atoms. The Hall–Kier alpha value is -2.17. The van der Waals surface area contributed by atoms with Crippen LogP contribution < -0.4 is 5.32 Å². The molecule has 2 aromatic carbocycles. The molecule has 0 aliphatic carbocycles. The lowest BCUT2D eigenvalue weighted by molar-refractivity contribution is 0.272. The van der Waals surface area contributed by atoms with Crippen molar-refractivity contribution < 1.29 is 5.11 Å². The van der Waals surface area contributed by atoms with Crippen LogP contribution in [0.1, 0.15) is 36.7 Å². The van der Waals surface area contributed by atoms with Crippen LogP contribution in [-0.2, 0) is 7.05 Å². The molecule has 0 fully saturated rings. The zero-order chi connectivity index (χ0) is 16.9. The SMILES string of the molecule is CC(NCC(CCO)c1ccccc1)c1nc2ccccc2n1C. The maximum Gasteiger partial charge on any atom is 0.126 e. The van der Waals surface area contributed by atoms with Crippen LogP contribution in [0, 0.1) is 0 Å². The van der Waals surface area contributed by atoms with Crippen molar-refractivity contribution in [1.82, 2.24) is 14.9 Å². The van der Waals surface area contributed by atoms with Crippen molar-refractivity contribution >= 4 is 11.0 Å². The maximum atomic E-state index is 9.38. The Bertz CT molecular complexity index is 782. The largest absolute Gasteiger partial charge is 0.396 e. The molecule has 0 aliphatic rings. The average Bonchev–Trinajstić information content (AvgIpc) is 2.96. The van der Waals surface area contributed by atoms with Crippen LogP contribution in [0.5, 0.6) is 0 Å². The predicted molar refractivity (Wildman–Crippen MR) is 98.0 cm³/mol. The van der Waals surface area contributed by atoms with Gasteiger partial charge in [-0.25, -0.2) is 4.98 Å². The number of rotatable bonds is 7. The third-order valence-electron chi connectivity index (χ3n) is 4.63. The minimum absolute atomic E-state index is 0.146. The first-order chi connectivity index (χ1) is 11.7. The van der Waals surface area contributed by atoms with Gasteiger partial charge in [-0.2, -0.15) is 0 Å². The number of hydrogen-bond acceptors (Lipinski definition) is 3. The van der Waals surface area contributed by atoms with E-state index in [0.717, 1.165) is 29.8 Å². The van der Waals surface area contributed by atoms with Gasteiger partial charge in [-0.05, 0) is 37.0 Å². The van der Waals surface area contributed by atoms with Gasteiger partial charge in [0.05, 0.1) is 17.1 Å². The van der Waals surface area contributed by atoms with E-state index in [4.69, 9.17) is 4.98 Å². The Morgan fingerprint density at radius 3 is 2.50 bits per heavy atom. The summed E-state index contributed by atoms with van der Waals surface area (Å²) in [5.41, 5.74) is 3.44. The standard InChI is InChI=1S/C20H25N3O/c1-15(20-22-18-10-6-7-11-19(18)23(20)2)21-14-17(12-13-24)16-8-4-3-5-9-16/h3-11,15,17,21,24H,12-14H2,1-2H3. The normalized spacial score (nSPS) is 14.0. The van der Waals surface area contributed by atoms with Crippen molar-refractivity contribution in [3.05, 3.63) is 66.0 Å². The van der Waals surface area contributed by atoms with E-state index in [-0.39, 0.29) is 12.6 Å². The molecule has 0 saturated carbocycles. The van der Waals surface area contributed by atoms with Gasteiger partial charge in [0.2, 0.25) is 0 Å². The number of aromatic nitrogens is 2. The number of para-hydroxylation sites is 2. The summed E-state index contributed by atoms with van der Waals surface area (Å²) in [6, 6.07) is 18.7. The van der Waals surface area contributed by atoms with E-state index in [0.29, 0.717) is 5.92 Å². The molecule has 4 heteroatoms. The number of nitrogens with zero attached hydrogens (tertiary/aromatic N) is 2. The summed E-state index contributed by atoms with van der Waals surface area (Å²) in [6.45, 7) is 3.15. The lowest BCUT2D eigenvalue weighted by Gasteiger charge is -2.20. The van der Waals surface area contributed by atoms with Gasteiger partial charge in [0.1, 0.15) is 5.82 Å². The highest BCUT2D eigenvalue weighted by molar-refractivity contribution is 5.75. The van der Waals surface area contributed by atoms with Crippen LogP contribution in [0.25, 0.3) is 11.0 Å². The van der Waals surface area contributed by atoms with Crippen molar-refractivity contribution in [3.63, 3.8) is 0 Å². The van der Waals surface area contributed by atoms with Crippen LogP contribution in [0.15, 0.2) is 54.6 Å². The van der Waals surface area contributed by atoms with Gasteiger partial charge >= 0.3 is 0 Å². The molecule has 2 atom stereocenters. The molecule has 0 amide bonds. The van der Waals surface area contributed by atoms with Gasteiger partial charge in [-0.3, -0.25) is 0 Å². The van der Waals surface area contributed by atoms with Gasteiger partial charge in [-0.15, -0.1) is 0 Å². The number of imidazole rings is 1. The highest BCUT2D eigenvalue weighted by Gasteiger charge is 2.17. The maximum absolute atomic E-state index is 9.38. The van der Waals surface area contributed by atoms with Gasteiger partial charge < -0.3 is 15.0 Å². The number of aliphatic hydroxyl groups excluding tert-OH is 1. The molecule has 2 unspecified atom stereocenters. The molecule has 1 heterocycles. The smallest absolute Gasteiger partial charge is 0.126 e. The molecular formula is C20H25N3O. The first kappa shape index (κ1) is 16.7. The van der Waals surface area contributed by atoms with E-state index < -0.39 is 0 Å². The number of aryl methyl sites for hydroxylation is 1. The fourth-order valence-electron chi connectivity index (χ4n) is 3.23. The second-order valence-electron chi connectivity index (χ2n) is 6.27. The summed E-state index contributed by atoms with van der Waals surface area (Å²) in [6.07, 6.45) is 0.756. The first-order valence-electron chi connectivity index (χ1n) is 8.51. The molecule has 4 nitrogen and oxygen atoms in total. The highest BCUT2D eigenvalue weighted by atomic mass is 16.3. The first-order valence-corrected chi connectivity index (χ1v) is 8.51. The number of nitrogens with one attached hydrogen (secondary N) is 1. The van der Waals surface area contributed by atoms with Gasteiger partial charge in [0, 0.05) is 20.2 Å². The van der Waals surface area contributed by atoms with Crippen molar-refractivity contribution in [3.8, 4) is 0 Å². The molecule has 0 saturated heterocycles. The summed E-state index contributed by atoms with van der Waals surface area (Å²) < 4.78 is 2.15. The molecule has 0 radical (unpaired) electrons. The topological polar surface area (TPSA) is 50.1 Å².